The number of allylic oxidation sites excluding steroid dienone is 1. The molecule has 1 aliphatic heterocycles. The molecule has 2 aromatic carbocycles. The van der Waals surface area contributed by atoms with Crippen molar-refractivity contribution in [3.05, 3.63) is 98.8 Å². The lowest BCUT2D eigenvalue weighted by Gasteiger charge is -2.28. The molecule has 1 aromatic heterocycles. The summed E-state index contributed by atoms with van der Waals surface area (Å²) in [6.07, 6.45) is 0. The monoisotopic (exact) mass is 457 g/mol. The summed E-state index contributed by atoms with van der Waals surface area (Å²) in [5.74, 6) is 0.800. The Labute approximate surface area is 198 Å². The van der Waals surface area contributed by atoms with Crippen LogP contribution in [0, 0.1) is 18.3 Å². The van der Waals surface area contributed by atoms with E-state index in [1.165, 1.54) is 0 Å². The lowest BCUT2D eigenvalue weighted by atomic mass is 9.83. The van der Waals surface area contributed by atoms with Gasteiger partial charge in [0.25, 0.3) is 5.56 Å². The van der Waals surface area contributed by atoms with Gasteiger partial charge in [-0.15, -0.1) is 0 Å². The highest BCUT2D eigenvalue weighted by Gasteiger charge is 2.35. The molecule has 4 rings (SSSR count). The predicted molar refractivity (Wildman–Crippen MR) is 129 cm³/mol. The molecule has 0 saturated heterocycles. The van der Waals surface area contributed by atoms with Crippen LogP contribution in [0.4, 0.5) is 0 Å². The zero-order valence-electron chi connectivity index (χ0n) is 19.5. The number of nitrogens with zero attached hydrogens (tertiary/aromatic N) is 2. The van der Waals surface area contributed by atoms with Gasteiger partial charge in [0.1, 0.15) is 17.4 Å². The summed E-state index contributed by atoms with van der Waals surface area (Å²) >= 11 is 0. The summed E-state index contributed by atoms with van der Waals surface area (Å²) in [4.78, 5) is 13.8. The number of benzene rings is 2. The van der Waals surface area contributed by atoms with Gasteiger partial charge in [-0.05, 0) is 44.0 Å². The summed E-state index contributed by atoms with van der Waals surface area (Å²) < 4.78 is 18.9. The van der Waals surface area contributed by atoms with E-state index in [9.17, 15) is 10.1 Å². The summed E-state index contributed by atoms with van der Waals surface area (Å²) in [6, 6.07) is 19.1. The number of rotatable bonds is 7. The SMILES string of the molecule is CCOc1ccc([C@H]2C(C#N)=C(N)Oc3cc(C)n(Cc4ccccc4)c(=O)c32)cc1OCC. The Bertz CT molecular complexity index is 1340. The highest BCUT2D eigenvalue weighted by Crippen LogP contribution is 2.42. The van der Waals surface area contributed by atoms with Gasteiger partial charge in [-0.2, -0.15) is 5.26 Å². The largest absolute Gasteiger partial charge is 0.490 e. The quantitative estimate of drug-likeness (QED) is 0.570. The molecule has 0 unspecified atom stereocenters. The molecule has 2 heterocycles. The molecular weight excluding hydrogens is 430 g/mol. The second kappa shape index (κ2) is 9.75. The third-order valence-corrected chi connectivity index (χ3v) is 5.77. The van der Waals surface area contributed by atoms with Gasteiger partial charge in [0, 0.05) is 11.8 Å². The number of fused-ring (bicyclic) bond motifs is 1. The lowest BCUT2D eigenvalue weighted by Crippen LogP contribution is -2.33. The van der Waals surface area contributed by atoms with Crippen molar-refractivity contribution in [1.29, 1.82) is 5.26 Å². The van der Waals surface area contributed by atoms with Crippen LogP contribution in [0.1, 0.15) is 42.1 Å². The number of ether oxygens (including phenoxy) is 3. The Morgan fingerprint density at radius 3 is 2.44 bits per heavy atom. The third-order valence-electron chi connectivity index (χ3n) is 5.77. The van der Waals surface area contributed by atoms with Crippen LogP contribution in [-0.2, 0) is 6.54 Å². The van der Waals surface area contributed by atoms with Crippen molar-refractivity contribution in [2.24, 2.45) is 5.73 Å². The second-order valence-electron chi connectivity index (χ2n) is 7.94. The topological polar surface area (TPSA) is 99.5 Å². The second-order valence-corrected chi connectivity index (χ2v) is 7.94. The van der Waals surface area contributed by atoms with Crippen molar-refractivity contribution in [3.8, 4) is 23.3 Å². The van der Waals surface area contributed by atoms with Crippen LogP contribution in [0.5, 0.6) is 17.2 Å². The van der Waals surface area contributed by atoms with Crippen LogP contribution in [0.3, 0.4) is 0 Å². The fourth-order valence-corrected chi connectivity index (χ4v) is 4.23. The Morgan fingerprint density at radius 1 is 1.06 bits per heavy atom. The number of nitriles is 1. The average Bonchev–Trinajstić information content (AvgIpc) is 2.83. The maximum Gasteiger partial charge on any atom is 0.259 e. The van der Waals surface area contributed by atoms with Crippen molar-refractivity contribution in [2.45, 2.75) is 33.2 Å². The zero-order chi connectivity index (χ0) is 24.2. The van der Waals surface area contributed by atoms with E-state index in [0.717, 1.165) is 11.3 Å². The van der Waals surface area contributed by atoms with Gasteiger partial charge in [0.2, 0.25) is 5.88 Å². The van der Waals surface area contributed by atoms with Gasteiger partial charge in [-0.25, -0.2) is 0 Å². The van der Waals surface area contributed by atoms with E-state index in [0.29, 0.717) is 48.1 Å². The molecule has 3 aromatic rings. The fraction of sp³-hybridized carbons (Fsp3) is 0.259. The molecule has 0 bridgehead atoms. The van der Waals surface area contributed by atoms with Crippen molar-refractivity contribution >= 4 is 0 Å². The van der Waals surface area contributed by atoms with E-state index in [1.54, 1.807) is 22.8 Å². The average molecular weight is 458 g/mol. The molecule has 7 nitrogen and oxygen atoms in total. The zero-order valence-corrected chi connectivity index (χ0v) is 19.5. The van der Waals surface area contributed by atoms with Gasteiger partial charge < -0.3 is 24.5 Å². The Morgan fingerprint density at radius 2 is 1.76 bits per heavy atom. The first-order valence-electron chi connectivity index (χ1n) is 11.2. The summed E-state index contributed by atoms with van der Waals surface area (Å²) in [5.41, 5.74) is 8.90. The summed E-state index contributed by atoms with van der Waals surface area (Å²) in [5, 5.41) is 9.95. The number of aromatic nitrogens is 1. The van der Waals surface area contributed by atoms with Crippen LogP contribution in [0.15, 0.2) is 70.8 Å². The van der Waals surface area contributed by atoms with Crippen LogP contribution in [0.2, 0.25) is 0 Å². The molecule has 1 atom stereocenters. The van der Waals surface area contributed by atoms with Crippen LogP contribution < -0.4 is 25.5 Å². The highest BCUT2D eigenvalue weighted by atomic mass is 16.5. The standard InChI is InChI=1S/C27H27N3O4/c1-4-32-21-12-11-19(14-22(21)33-5-2)24-20(15-28)26(29)34-23-13-17(3)30(27(31)25(23)24)16-18-9-7-6-8-10-18/h6-14,24H,4-5,16,29H2,1-3H3/t24-/m0/s1. The minimum absolute atomic E-state index is 0.00791. The number of pyridine rings is 1. The normalized spacial score (nSPS) is 14.7. The minimum Gasteiger partial charge on any atom is -0.490 e. The van der Waals surface area contributed by atoms with Crippen LogP contribution in [-0.4, -0.2) is 17.8 Å². The summed E-state index contributed by atoms with van der Waals surface area (Å²) in [6.45, 7) is 6.97. The van der Waals surface area contributed by atoms with E-state index < -0.39 is 5.92 Å². The molecule has 1 aliphatic rings. The third kappa shape index (κ3) is 4.23. The number of aryl methyl sites for hydroxylation is 1. The molecule has 2 N–H and O–H groups in total. The van der Waals surface area contributed by atoms with Gasteiger partial charge >= 0.3 is 0 Å². The number of nitrogens with two attached hydrogens (primary N) is 1. The van der Waals surface area contributed by atoms with Crippen molar-refractivity contribution in [2.75, 3.05) is 13.2 Å². The Balaban J connectivity index is 1.91. The van der Waals surface area contributed by atoms with Gasteiger partial charge in [-0.3, -0.25) is 4.79 Å². The first kappa shape index (κ1) is 23.0. The smallest absolute Gasteiger partial charge is 0.259 e. The molecule has 0 aliphatic carbocycles. The maximum absolute atomic E-state index is 13.8. The minimum atomic E-state index is -0.696. The van der Waals surface area contributed by atoms with E-state index in [2.05, 4.69) is 6.07 Å². The molecule has 7 heteroatoms. The molecular formula is C27H27N3O4. The van der Waals surface area contributed by atoms with E-state index in [1.807, 2.05) is 57.2 Å². The number of hydrogen-bond donors (Lipinski definition) is 1. The van der Waals surface area contributed by atoms with Crippen LogP contribution >= 0.6 is 0 Å². The van der Waals surface area contributed by atoms with E-state index in [-0.39, 0.29) is 17.0 Å². The van der Waals surface area contributed by atoms with Crippen molar-refractivity contribution in [1.82, 2.24) is 4.57 Å². The molecule has 0 spiro atoms. The highest BCUT2D eigenvalue weighted by molar-refractivity contribution is 5.57. The fourth-order valence-electron chi connectivity index (χ4n) is 4.23. The number of hydrogen-bond acceptors (Lipinski definition) is 6. The molecule has 0 saturated carbocycles. The molecule has 34 heavy (non-hydrogen) atoms. The predicted octanol–water partition coefficient (Wildman–Crippen LogP) is 4.22. The van der Waals surface area contributed by atoms with Gasteiger partial charge in [-0.1, -0.05) is 36.4 Å². The lowest BCUT2D eigenvalue weighted by molar-refractivity contribution is 0.287. The molecule has 174 valence electrons. The maximum atomic E-state index is 13.8. The van der Waals surface area contributed by atoms with Gasteiger partial charge in [0.05, 0.1) is 31.2 Å². The van der Waals surface area contributed by atoms with Crippen molar-refractivity contribution in [3.63, 3.8) is 0 Å². The molecule has 0 amide bonds. The van der Waals surface area contributed by atoms with Crippen molar-refractivity contribution < 1.29 is 14.2 Å². The first-order chi connectivity index (χ1) is 16.5. The summed E-state index contributed by atoms with van der Waals surface area (Å²) in [7, 11) is 0. The van der Waals surface area contributed by atoms with E-state index >= 15 is 0 Å². The van der Waals surface area contributed by atoms with E-state index in [4.69, 9.17) is 19.9 Å². The first-order valence-corrected chi connectivity index (χ1v) is 11.2. The molecule has 0 radical (unpaired) electrons. The van der Waals surface area contributed by atoms with Crippen LogP contribution in [0.25, 0.3) is 0 Å². The Hall–Kier alpha value is -4.18. The Kier molecular flexibility index (Phi) is 6.60. The van der Waals surface area contributed by atoms with Gasteiger partial charge in [0.15, 0.2) is 11.5 Å². The molecule has 0 fully saturated rings.